The maximum atomic E-state index is 5.39. The van der Waals surface area contributed by atoms with Gasteiger partial charge in [-0.2, -0.15) is 0 Å². The van der Waals surface area contributed by atoms with Crippen molar-refractivity contribution in [3.63, 3.8) is 0 Å². The Labute approximate surface area is 84.6 Å². The third-order valence-electron chi connectivity index (χ3n) is 1.58. The van der Waals surface area contributed by atoms with Crippen LogP contribution in [0.25, 0.3) is 5.82 Å². The van der Waals surface area contributed by atoms with Crippen molar-refractivity contribution in [3.05, 3.63) is 18.7 Å². The zero-order valence-corrected chi connectivity index (χ0v) is 8.27. The number of hydrogen-bond donors (Lipinski definition) is 1. The summed E-state index contributed by atoms with van der Waals surface area (Å²) in [5.41, 5.74) is 5.39. The molecule has 6 nitrogen and oxygen atoms in total. The zero-order valence-electron chi connectivity index (χ0n) is 7.45. The molecule has 2 aromatic heterocycles. The predicted octanol–water partition coefficient (Wildman–Crippen LogP) is 0.361. The van der Waals surface area contributed by atoms with Crippen LogP contribution in [0.3, 0.4) is 0 Å². The Morgan fingerprint density at radius 1 is 1.36 bits per heavy atom. The summed E-state index contributed by atoms with van der Waals surface area (Å²) in [5.74, 6) is 0.892. The Morgan fingerprint density at radius 3 is 2.86 bits per heavy atom. The summed E-state index contributed by atoms with van der Waals surface area (Å²) >= 11 is 1.54. The third kappa shape index (κ3) is 1.67. The summed E-state index contributed by atoms with van der Waals surface area (Å²) in [5, 5.41) is 4.82. The highest BCUT2D eigenvalue weighted by Crippen LogP contribution is 2.12. The average Bonchev–Trinajstić information content (AvgIpc) is 2.65. The summed E-state index contributed by atoms with van der Waals surface area (Å²) in [6, 6.07) is 1.82. The van der Waals surface area contributed by atoms with Crippen molar-refractivity contribution in [1.29, 1.82) is 0 Å². The Balaban J connectivity index is 2.41. The summed E-state index contributed by atoms with van der Waals surface area (Å²) in [6.07, 6.45) is 4.95. The van der Waals surface area contributed by atoms with E-state index in [0.29, 0.717) is 5.82 Å². The molecule has 72 valence electrons. The molecule has 0 aromatic carbocycles. The van der Waals surface area contributed by atoms with Gasteiger partial charge >= 0.3 is 0 Å². The van der Waals surface area contributed by atoms with Crippen molar-refractivity contribution < 1.29 is 0 Å². The highest BCUT2D eigenvalue weighted by atomic mass is 32.2. The van der Waals surface area contributed by atoms with Crippen LogP contribution in [0, 0.1) is 0 Å². The topological polar surface area (TPSA) is 82.5 Å². The normalized spacial score (nSPS) is 10.4. The monoisotopic (exact) mass is 208 g/mol. The Bertz CT molecular complexity index is 439. The highest BCUT2D eigenvalue weighted by molar-refractivity contribution is 7.98. The van der Waals surface area contributed by atoms with Gasteiger partial charge in [0, 0.05) is 6.07 Å². The molecule has 2 rings (SSSR count). The molecule has 0 unspecified atom stereocenters. The smallest absolute Gasteiger partial charge is 0.239 e. The van der Waals surface area contributed by atoms with Crippen LogP contribution < -0.4 is 5.73 Å². The third-order valence-corrected chi connectivity index (χ3v) is 2.22. The number of nitrogens with two attached hydrogens (primary N) is 1. The van der Waals surface area contributed by atoms with E-state index in [-0.39, 0.29) is 5.95 Å². The van der Waals surface area contributed by atoms with E-state index in [2.05, 4.69) is 20.1 Å². The number of nitrogens with zero attached hydrogens (tertiary/aromatic N) is 5. The fourth-order valence-electron chi connectivity index (χ4n) is 0.953. The number of hydrogen-bond acceptors (Lipinski definition) is 6. The molecule has 0 aliphatic carbocycles. The molecule has 0 atom stereocenters. The van der Waals surface area contributed by atoms with E-state index in [1.807, 2.05) is 12.3 Å². The standard InChI is InChI=1S/C7H8N6S/c1-14-6-2-5(9-3-10-6)13-4-11-7(8)12-13/h2-4H,1H3,(H2,8,12). The van der Waals surface area contributed by atoms with Crippen molar-refractivity contribution in [2.24, 2.45) is 0 Å². The van der Waals surface area contributed by atoms with Gasteiger partial charge in [-0.3, -0.25) is 0 Å². The van der Waals surface area contributed by atoms with E-state index in [0.717, 1.165) is 5.03 Å². The summed E-state index contributed by atoms with van der Waals surface area (Å²) in [7, 11) is 0. The van der Waals surface area contributed by atoms with Gasteiger partial charge in [-0.1, -0.05) is 0 Å². The van der Waals surface area contributed by atoms with E-state index < -0.39 is 0 Å². The zero-order chi connectivity index (χ0) is 9.97. The minimum atomic E-state index is 0.231. The molecule has 0 spiro atoms. The van der Waals surface area contributed by atoms with Crippen LogP contribution in [0.15, 0.2) is 23.7 Å². The second-order valence-corrected chi connectivity index (χ2v) is 3.29. The lowest BCUT2D eigenvalue weighted by molar-refractivity contribution is 0.828. The minimum absolute atomic E-state index is 0.231. The van der Waals surface area contributed by atoms with Gasteiger partial charge in [0.05, 0.1) is 0 Å². The molecule has 0 amide bonds. The first-order valence-corrected chi connectivity index (χ1v) is 5.05. The number of aromatic nitrogens is 5. The van der Waals surface area contributed by atoms with E-state index in [1.165, 1.54) is 17.3 Å². The van der Waals surface area contributed by atoms with Crippen LogP contribution in [-0.4, -0.2) is 31.0 Å². The van der Waals surface area contributed by atoms with Gasteiger partial charge in [0.25, 0.3) is 0 Å². The van der Waals surface area contributed by atoms with Gasteiger partial charge in [-0.15, -0.1) is 16.9 Å². The van der Waals surface area contributed by atoms with Gasteiger partial charge in [0.15, 0.2) is 5.82 Å². The Hall–Kier alpha value is -1.63. The lowest BCUT2D eigenvalue weighted by Crippen LogP contribution is -1.99. The number of nitrogen functional groups attached to an aromatic ring is 1. The molecule has 2 N–H and O–H groups in total. The average molecular weight is 208 g/mol. The first kappa shape index (κ1) is 8.95. The molecule has 7 heteroatoms. The minimum Gasteiger partial charge on any atom is -0.366 e. The van der Waals surface area contributed by atoms with E-state index in [9.17, 15) is 0 Å². The quantitative estimate of drug-likeness (QED) is 0.567. The van der Waals surface area contributed by atoms with Crippen molar-refractivity contribution in [2.45, 2.75) is 5.03 Å². The summed E-state index contributed by atoms with van der Waals surface area (Å²) in [6.45, 7) is 0. The number of rotatable bonds is 2. The van der Waals surface area contributed by atoms with Crippen LogP contribution >= 0.6 is 11.8 Å². The van der Waals surface area contributed by atoms with Crippen LogP contribution in [0.2, 0.25) is 0 Å². The maximum Gasteiger partial charge on any atom is 0.239 e. The Kier molecular flexibility index (Phi) is 2.32. The van der Waals surface area contributed by atoms with Crippen molar-refractivity contribution in [3.8, 4) is 5.82 Å². The SMILES string of the molecule is CSc1cc(-n2cnc(N)n2)ncn1. The molecule has 0 aliphatic heterocycles. The van der Waals surface area contributed by atoms with Crippen LogP contribution in [0.4, 0.5) is 5.95 Å². The van der Waals surface area contributed by atoms with Crippen LogP contribution in [-0.2, 0) is 0 Å². The van der Waals surface area contributed by atoms with Gasteiger partial charge in [-0.05, 0) is 6.26 Å². The maximum absolute atomic E-state index is 5.39. The molecule has 0 radical (unpaired) electrons. The van der Waals surface area contributed by atoms with E-state index in [1.54, 1.807) is 11.8 Å². The largest absolute Gasteiger partial charge is 0.366 e. The summed E-state index contributed by atoms with van der Waals surface area (Å²) < 4.78 is 1.51. The van der Waals surface area contributed by atoms with Gasteiger partial charge in [0.1, 0.15) is 17.7 Å². The van der Waals surface area contributed by atoms with Crippen LogP contribution in [0.5, 0.6) is 0 Å². The molecule has 2 heterocycles. The Morgan fingerprint density at radius 2 is 2.21 bits per heavy atom. The van der Waals surface area contributed by atoms with E-state index in [4.69, 9.17) is 5.73 Å². The molecule has 0 aliphatic rings. The summed E-state index contributed by atoms with van der Waals surface area (Å²) in [4.78, 5) is 11.9. The lowest BCUT2D eigenvalue weighted by atomic mass is 10.6. The molecule has 14 heavy (non-hydrogen) atoms. The molecular weight excluding hydrogens is 200 g/mol. The number of thioether (sulfide) groups is 1. The molecular formula is C7H8N6S. The van der Waals surface area contributed by atoms with Crippen molar-refractivity contribution in [1.82, 2.24) is 24.7 Å². The first-order chi connectivity index (χ1) is 6.79. The van der Waals surface area contributed by atoms with Gasteiger partial charge < -0.3 is 5.73 Å². The van der Waals surface area contributed by atoms with Gasteiger partial charge in [-0.25, -0.2) is 19.6 Å². The van der Waals surface area contributed by atoms with Crippen molar-refractivity contribution >= 4 is 17.7 Å². The molecule has 0 fully saturated rings. The fraction of sp³-hybridized carbons (Fsp3) is 0.143. The molecule has 0 saturated heterocycles. The van der Waals surface area contributed by atoms with E-state index >= 15 is 0 Å². The number of anilines is 1. The van der Waals surface area contributed by atoms with Gasteiger partial charge in [0.2, 0.25) is 5.95 Å². The highest BCUT2D eigenvalue weighted by Gasteiger charge is 2.02. The fourth-order valence-corrected chi connectivity index (χ4v) is 1.33. The molecule has 2 aromatic rings. The molecule has 0 saturated carbocycles. The molecule has 0 bridgehead atoms. The second-order valence-electron chi connectivity index (χ2n) is 2.47. The lowest BCUT2D eigenvalue weighted by Gasteiger charge is -1.99. The predicted molar refractivity (Wildman–Crippen MR) is 53.1 cm³/mol. The second kappa shape index (κ2) is 3.62. The first-order valence-electron chi connectivity index (χ1n) is 3.83. The van der Waals surface area contributed by atoms with Crippen LogP contribution in [0.1, 0.15) is 0 Å². The van der Waals surface area contributed by atoms with Crippen molar-refractivity contribution in [2.75, 3.05) is 12.0 Å².